The number of aliphatic hydroxyl groups is 3. The van der Waals surface area contributed by atoms with E-state index in [0.29, 0.717) is 0 Å². The highest BCUT2D eigenvalue weighted by Crippen LogP contribution is 2.10. The summed E-state index contributed by atoms with van der Waals surface area (Å²) in [6, 6.07) is 0. The summed E-state index contributed by atoms with van der Waals surface area (Å²) in [6.45, 7) is 27.9. The molecule has 0 aliphatic heterocycles. The summed E-state index contributed by atoms with van der Waals surface area (Å²) in [4.78, 5) is 28.8. The van der Waals surface area contributed by atoms with Crippen LogP contribution in [0.4, 0.5) is 0 Å². The molecule has 0 aromatic carbocycles. The van der Waals surface area contributed by atoms with Crippen molar-refractivity contribution in [1.29, 1.82) is 0 Å². The van der Waals surface area contributed by atoms with Gasteiger partial charge in [0.25, 0.3) is 0 Å². The largest absolute Gasteiger partial charge is 0.478 e. The molecule has 0 bridgehead atoms. The van der Waals surface area contributed by atoms with Crippen molar-refractivity contribution >= 4 is 17.9 Å². The lowest BCUT2D eigenvalue weighted by molar-refractivity contribution is -0.133. The Morgan fingerprint density at radius 2 is 0.750 bits per heavy atom. The van der Waals surface area contributed by atoms with Gasteiger partial charge in [-0.3, -0.25) is 0 Å². The molecule has 0 radical (unpaired) electrons. The number of aliphatic hydroxyl groups excluding tert-OH is 3. The maximum atomic E-state index is 9.60. The van der Waals surface area contributed by atoms with Crippen molar-refractivity contribution in [1.82, 2.24) is 0 Å². The van der Waals surface area contributed by atoms with Crippen LogP contribution in [0.2, 0.25) is 0 Å². The van der Waals surface area contributed by atoms with E-state index in [1.807, 2.05) is 0 Å². The number of rotatable bonds is 10. The van der Waals surface area contributed by atoms with E-state index in [4.69, 9.17) is 30.6 Å². The van der Waals surface area contributed by atoms with E-state index in [9.17, 15) is 14.4 Å². The molecule has 11 heteroatoms. The van der Waals surface area contributed by atoms with Crippen LogP contribution < -0.4 is 0 Å². The Bertz CT molecular complexity index is 561. The first kappa shape index (κ1) is 45.6. The molecule has 208 valence electrons. The molecule has 0 saturated heterocycles. The number of ether oxygens (including phenoxy) is 2. The lowest BCUT2D eigenvalue weighted by atomic mass is 9.95. The van der Waals surface area contributed by atoms with Gasteiger partial charge in [-0.2, -0.15) is 0 Å². The van der Waals surface area contributed by atoms with E-state index in [1.54, 1.807) is 6.92 Å². The zero-order chi connectivity index (χ0) is 30.3. The predicted octanol–water partition coefficient (Wildman–Crippen LogP) is 3.49. The van der Waals surface area contributed by atoms with Gasteiger partial charge in [0.2, 0.25) is 0 Å². The van der Waals surface area contributed by atoms with Crippen LogP contribution in [0.25, 0.3) is 0 Å². The van der Waals surface area contributed by atoms with Crippen molar-refractivity contribution in [3.05, 3.63) is 87.8 Å². The fourth-order valence-corrected chi connectivity index (χ4v) is 0.286. The van der Waals surface area contributed by atoms with E-state index in [-0.39, 0.29) is 36.5 Å². The molecule has 0 amide bonds. The van der Waals surface area contributed by atoms with Crippen LogP contribution in [-0.4, -0.2) is 68.4 Å². The second kappa shape index (κ2) is 33.2. The Labute approximate surface area is 213 Å². The minimum atomic E-state index is -0.935. The normalized spacial score (nSPS) is 7.97. The number of carbonyl (C=O) groups is 3. The average Bonchev–Trinajstić information content (AvgIpc) is 2.81. The van der Waals surface area contributed by atoms with Gasteiger partial charge in [0.15, 0.2) is 0 Å². The van der Waals surface area contributed by atoms with Crippen LogP contribution in [0, 0.1) is 5.41 Å². The lowest BCUT2D eigenvalue weighted by Gasteiger charge is -2.20. The number of hydrogen-bond acceptors (Lipinski definition) is 8. The SMILES string of the molecule is C=C(C)C(=O)O.C=C(C)C(=O)O.C=C(C)C(=O)O.C=COC=C.C=COC=C.CC(CO)(CO)CO. The molecule has 0 heterocycles. The van der Waals surface area contributed by atoms with Crippen LogP contribution in [0.5, 0.6) is 0 Å². The molecule has 0 atom stereocenters. The van der Waals surface area contributed by atoms with Crippen LogP contribution in [0.3, 0.4) is 0 Å². The van der Waals surface area contributed by atoms with Gasteiger partial charge in [0.05, 0.1) is 44.9 Å². The zero-order valence-electron chi connectivity index (χ0n) is 21.6. The van der Waals surface area contributed by atoms with Gasteiger partial charge in [-0.05, 0) is 20.8 Å². The number of aliphatic carboxylic acids is 3. The van der Waals surface area contributed by atoms with Gasteiger partial charge in [-0.15, -0.1) is 0 Å². The average molecular weight is 519 g/mol. The number of carboxylic acids is 3. The molecule has 0 aromatic heterocycles. The molecule has 0 unspecified atom stereocenters. The molecule has 6 N–H and O–H groups in total. The maximum Gasteiger partial charge on any atom is 0.330 e. The first-order valence-electron chi connectivity index (χ1n) is 9.68. The minimum absolute atomic E-state index is 0.176. The first-order chi connectivity index (χ1) is 16.4. The molecule has 0 aromatic rings. The highest BCUT2D eigenvalue weighted by atomic mass is 16.5. The van der Waals surface area contributed by atoms with Gasteiger partial charge in [0, 0.05) is 22.1 Å². The second-order valence-electron chi connectivity index (χ2n) is 6.48. The summed E-state index contributed by atoms with van der Waals surface area (Å²) in [7, 11) is 0. The van der Waals surface area contributed by atoms with E-state index in [2.05, 4.69) is 55.5 Å². The molecule has 0 aliphatic rings. The summed E-state index contributed by atoms with van der Waals surface area (Å²) >= 11 is 0. The molecular weight excluding hydrogens is 476 g/mol. The Hall–Kier alpha value is -3.93. The third-order valence-corrected chi connectivity index (χ3v) is 2.63. The van der Waals surface area contributed by atoms with Gasteiger partial charge >= 0.3 is 17.9 Å². The summed E-state index contributed by atoms with van der Waals surface area (Å²) in [5.41, 5.74) is -0.181. The van der Waals surface area contributed by atoms with E-state index in [1.165, 1.54) is 45.8 Å². The van der Waals surface area contributed by atoms with E-state index >= 15 is 0 Å². The third-order valence-electron chi connectivity index (χ3n) is 2.63. The fraction of sp³-hybridized carbons (Fsp3) is 0.320. The van der Waals surface area contributed by atoms with Crippen LogP contribution in [-0.2, 0) is 23.9 Å². The summed E-state index contributed by atoms with van der Waals surface area (Å²) < 4.78 is 8.72. The summed E-state index contributed by atoms with van der Waals surface area (Å²) in [5.74, 6) is -2.81. The molecule has 0 fully saturated rings. The Morgan fingerprint density at radius 3 is 0.750 bits per heavy atom. The van der Waals surface area contributed by atoms with E-state index < -0.39 is 23.3 Å². The molecule has 36 heavy (non-hydrogen) atoms. The summed E-state index contributed by atoms with van der Waals surface area (Å²) in [6.07, 6.45) is 5.25. The molecule has 0 aliphatic carbocycles. The monoisotopic (exact) mass is 518 g/mol. The van der Waals surface area contributed by atoms with Gasteiger partial charge in [0.1, 0.15) is 0 Å². The Kier molecular flexibility index (Phi) is 42.1. The number of hydrogen-bond donors (Lipinski definition) is 6. The molecular formula is C25H42O11. The minimum Gasteiger partial charge on any atom is -0.478 e. The predicted molar refractivity (Wildman–Crippen MR) is 140 cm³/mol. The van der Waals surface area contributed by atoms with E-state index in [0.717, 1.165) is 0 Å². The first-order valence-corrected chi connectivity index (χ1v) is 9.68. The Balaban J connectivity index is -0.0000000756. The molecule has 11 nitrogen and oxygen atoms in total. The van der Waals surface area contributed by atoms with Crippen LogP contribution in [0.15, 0.2) is 87.8 Å². The van der Waals surface area contributed by atoms with Gasteiger partial charge in [-0.1, -0.05) is 53.0 Å². The van der Waals surface area contributed by atoms with Gasteiger partial charge < -0.3 is 40.1 Å². The highest BCUT2D eigenvalue weighted by molar-refractivity contribution is 5.85. The van der Waals surface area contributed by atoms with Gasteiger partial charge in [-0.25, -0.2) is 14.4 Å². The van der Waals surface area contributed by atoms with Crippen molar-refractivity contribution < 1.29 is 54.5 Å². The van der Waals surface area contributed by atoms with Crippen molar-refractivity contribution in [3.63, 3.8) is 0 Å². The standard InChI is InChI=1S/C5H12O3.3C4H6O2.2C4H6O/c1-5(2-6,3-7)4-8;3*1-3(2)4(5)6;2*1-3-5-4-2/h6-8H,2-4H2,1H3;3*1H2,2H3,(H,5,6);2*3-4H,1-2H2. The highest BCUT2D eigenvalue weighted by Gasteiger charge is 2.20. The fourth-order valence-electron chi connectivity index (χ4n) is 0.286. The smallest absolute Gasteiger partial charge is 0.330 e. The van der Waals surface area contributed by atoms with Crippen LogP contribution in [0.1, 0.15) is 27.7 Å². The topological polar surface area (TPSA) is 191 Å². The van der Waals surface area contributed by atoms with Crippen molar-refractivity contribution in [2.45, 2.75) is 27.7 Å². The van der Waals surface area contributed by atoms with Crippen LogP contribution >= 0.6 is 0 Å². The second-order valence-corrected chi connectivity index (χ2v) is 6.48. The number of carboxylic acid groups (broad SMARTS) is 3. The quantitative estimate of drug-likeness (QED) is 0.183. The third kappa shape index (κ3) is 57.2. The lowest BCUT2D eigenvalue weighted by Crippen LogP contribution is -2.29. The summed E-state index contributed by atoms with van der Waals surface area (Å²) in [5, 5.41) is 49.1. The van der Waals surface area contributed by atoms with Crippen molar-refractivity contribution in [3.8, 4) is 0 Å². The zero-order valence-corrected chi connectivity index (χ0v) is 21.6. The Morgan fingerprint density at radius 1 is 0.611 bits per heavy atom. The molecule has 0 rings (SSSR count). The van der Waals surface area contributed by atoms with Crippen molar-refractivity contribution in [2.75, 3.05) is 19.8 Å². The van der Waals surface area contributed by atoms with Crippen molar-refractivity contribution in [2.24, 2.45) is 5.41 Å². The molecule has 0 saturated carbocycles. The molecule has 0 spiro atoms. The maximum absolute atomic E-state index is 9.60.